The molecule has 0 bridgehead atoms. The van der Waals surface area contributed by atoms with E-state index in [0.29, 0.717) is 22.6 Å². The summed E-state index contributed by atoms with van der Waals surface area (Å²) >= 11 is 5.97. The SMILES string of the molecule is O=Cc1cccc(Cl)c1OC1CCCC1O. The first-order valence-electron chi connectivity index (χ1n) is 5.31. The van der Waals surface area contributed by atoms with Crippen LogP contribution in [0.3, 0.4) is 0 Å². The van der Waals surface area contributed by atoms with Gasteiger partial charge in [0.15, 0.2) is 6.29 Å². The third-order valence-corrected chi connectivity index (χ3v) is 3.11. The minimum atomic E-state index is -0.462. The first-order valence-corrected chi connectivity index (χ1v) is 5.68. The fraction of sp³-hybridized carbons (Fsp3) is 0.417. The minimum absolute atomic E-state index is 0.251. The maximum absolute atomic E-state index is 10.8. The van der Waals surface area contributed by atoms with Crippen LogP contribution in [0.15, 0.2) is 18.2 Å². The second-order valence-electron chi connectivity index (χ2n) is 3.93. The Balaban J connectivity index is 2.22. The molecule has 1 N–H and O–H groups in total. The molecule has 1 aromatic carbocycles. The van der Waals surface area contributed by atoms with E-state index in [9.17, 15) is 9.90 Å². The zero-order chi connectivity index (χ0) is 11.5. The smallest absolute Gasteiger partial charge is 0.153 e. The van der Waals surface area contributed by atoms with Crippen LogP contribution in [-0.2, 0) is 0 Å². The molecular weight excluding hydrogens is 228 g/mol. The van der Waals surface area contributed by atoms with Crippen molar-refractivity contribution in [2.24, 2.45) is 0 Å². The van der Waals surface area contributed by atoms with Crippen molar-refractivity contribution in [1.82, 2.24) is 0 Å². The predicted molar refractivity (Wildman–Crippen MR) is 61.1 cm³/mol. The predicted octanol–water partition coefficient (Wildman–Crippen LogP) is 2.44. The van der Waals surface area contributed by atoms with E-state index in [0.717, 1.165) is 19.3 Å². The van der Waals surface area contributed by atoms with Crippen molar-refractivity contribution < 1.29 is 14.6 Å². The van der Waals surface area contributed by atoms with Gasteiger partial charge in [0.1, 0.15) is 11.9 Å². The number of para-hydroxylation sites is 1. The summed E-state index contributed by atoms with van der Waals surface area (Å²) in [6.45, 7) is 0. The van der Waals surface area contributed by atoms with Crippen LogP contribution >= 0.6 is 11.6 Å². The molecule has 1 fully saturated rings. The highest BCUT2D eigenvalue weighted by Crippen LogP contribution is 2.32. The van der Waals surface area contributed by atoms with Gasteiger partial charge in [-0.3, -0.25) is 4.79 Å². The van der Waals surface area contributed by atoms with Gasteiger partial charge in [-0.25, -0.2) is 0 Å². The van der Waals surface area contributed by atoms with Crippen molar-refractivity contribution in [2.75, 3.05) is 0 Å². The number of hydrogen-bond donors (Lipinski definition) is 1. The first-order chi connectivity index (χ1) is 7.72. The summed E-state index contributed by atoms with van der Waals surface area (Å²) in [5.74, 6) is 0.380. The largest absolute Gasteiger partial charge is 0.485 e. The summed E-state index contributed by atoms with van der Waals surface area (Å²) in [6, 6.07) is 5.02. The monoisotopic (exact) mass is 240 g/mol. The normalized spacial score (nSPS) is 24.4. The lowest BCUT2D eigenvalue weighted by Gasteiger charge is -2.19. The Kier molecular flexibility index (Phi) is 3.46. The van der Waals surface area contributed by atoms with Gasteiger partial charge in [-0.1, -0.05) is 17.7 Å². The molecule has 2 rings (SSSR count). The number of benzene rings is 1. The zero-order valence-corrected chi connectivity index (χ0v) is 9.48. The number of rotatable bonds is 3. The molecule has 0 spiro atoms. The number of ether oxygens (including phenoxy) is 1. The molecule has 0 amide bonds. The summed E-state index contributed by atoms with van der Waals surface area (Å²) in [7, 11) is 0. The lowest BCUT2D eigenvalue weighted by molar-refractivity contribution is 0.0598. The highest BCUT2D eigenvalue weighted by atomic mass is 35.5. The molecule has 2 unspecified atom stereocenters. The maximum Gasteiger partial charge on any atom is 0.153 e. The Bertz CT molecular complexity index is 392. The molecule has 1 aliphatic rings. The second kappa shape index (κ2) is 4.85. The van der Waals surface area contributed by atoms with Gasteiger partial charge in [0, 0.05) is 0 Å². The van der Waals surface area contributed by atoms with E-state index in [2.05, 4.69) is 0 Å². The first kappa shape index (κ1) is 11.4. The van der Waals surface area contributed by atoms with Crippen molar-refractivity contribution in [2.45, 2.75) is 31.5 Å². The molecule has 1 saturated carbocycles. The summed E-state index contributed by atoms with van der Waals surface area (Å²) in [6.07, 6.45) is 2.47. The van der Waals surface area contributed by atoms with Crippen LogP contribution in [0.4, 0.5) is 0 Å². The molecule has 0 aromatic heterocycles. The second-order valence-corrected chi connectivity index (χ2v) is 4.34. The van der Waals surface area contributed by atoms with E-state index in [1.807, 2.05) is 0 Å². The molecule has 2 atom stereocenters. The number of aliphatic hydroxyl groups excluding tert-OH is 1. The lowest BCUT2D eigenvalue weighted by Crippen LogP contribution is -2.26. The third kappa shape index (κ3) is 2.20. The van der Waals surface area contributed by atoms with Gasteiger partial charge in [0.05, 0.1) is 16.7 Å². The highest BCUT2D eigenvalue weighted by molar-refractivity contribution is 6.32. The van der Waals surface area contributed by atoms with Gasteiger partial charge in [0.2, 0.25) is 0 Å². The van der Waals surface area contributed by atoms with Crippen LogP contribution in [-0.4, -0.2) is 23.6 Å². The Morgan fingerprint density at radius 3 is 2.88 bits per heavy atom. The van der Waals surface area contributed by atoms with Crippen molar-refractivity contribution in [1.29, 1.82) is 0 Å². The average molecular weight is 241 g/mol. The molecule has 1 aromatic rings. The summed E-state index contributed by atoms with van der Waals surface area (Å²) in [5.41, 5.74) is 0.423. The lowest BCUT2D eigenvalue weighted by atomic mass is 10.2. The Hall–Kier alpha value is -1.06. The zero-order valence-electron chi connectivity index (χ0n) is 8.73. The highest BCUT2D eigenvalue weighted by Gasteiger charge is 2.28. The summed E-state index contributed by atoms with van der Waals surface area (Å²) < 4.78 is 5.63. The van der Waals surface area contributed by atoms with Gasteiger partial charge in [-0.05, 0) is 31.4 Å². The summed E-state index contributed by atoms with van der Waals surface area (Å²) in [5, 5.41) is 10.1. The molecule has 0 heterocycles. The van der Waals surface area contributed by atoms with Crippen LogP contribution in [0.1, 0.15) is 29.6 Å². The molecule has 0 saturated heterocycles. The molecule has 16 heavy (non-hydrogen) atoms. The van der Waals surface area contributed by atoms with E-state index in [4.69, 9.17) is 16.3 Å². The number of aldehydes is 1. The molecule has 4 heteroatoms. The number of halogens is 1. The van der Waals surface area contributed by atoms with Crippen LogP contribution < -0.4 is 4.74 Å². The molecule has 3 nitrogen and oxygen atoms in total. The topological polar surface area (TPSA) is 46.5 Å². The molecule has 86 valence electrons. The number of carbonyl (C=O) groups is 1. The van der Waals surface area contributed by atoms with E-state index >= 15 is 0 Å². The Labute approximate surface area is 99.0 Å². The number of aliphatic hydroxyl groups is 1. The van der Waals surface area contributed by atoms with E-state index in [1.165, 1.54) is 0 Å². The quantitative estimate of drug-likeness (QED) is 0.826. The van der Waals surface area contributed by atoms with E-state index in [-0.39, 0.29) is 6.10 Å². The van der Waals surface area contributed by atoms with E-state index < -0.39 is 6.10 Å². The van der Waals surface area contributed by atoms with Gasteiger partial charge in [0.25, 0.3) is 0 Å². The number of carbonyl (C=O) groups excluding carboxylic acids is 1. The standard InChI is InChI=1S/C12H13ClO3/c13-9-4-1-3-8(7-14)12(9)16-11-6-2-5-10(11)15/h1,3-4,7,10-11,15H,2,5-6H2. The van der Waals surface area contributed by atoms with Crippen LogP contribution in [0.25, 0.3) is 0 Å². The maximum atomic E-state index is 10.8. The van der Waals surface area contributed by atoms with Crippen LogP contribution in [0, 0.1) is 0 Å². The fourth-order valence-corrected chi connectivity index (χ4v) is 2.16. The molecule has 0 aliphatic heterocycles. The Morgan fingerprint density at radius 2 is 2.25 bits per heavy atom. The third-order valence-electron chi connectivity index (χ3n) is 2.81. The van der Waals surface area contributed by atoms with E-state index in [1.54, 1.807) is 18.2 Å². The van der Waals surface area contributed by atoms with Crippen molar-refractivity contribution >= 4 is 17.9 Å². The van der Waals surface area contributed by atoms with Gasteiger partial charge in [-0.2, -0.15) is 0 Å². The van der Waals surface area contributed by atoms with Crippen molar-refractivity contribution in [3.63, 3.8) is 0 Å². The van der Waals surface area contributed by atoms with Crippen LogP contribution in [0.2, 0.25) is 5.02 Å². The van der Waals surface area contributed by atoms with Gasteiger partial charge >= 0.3 is 0 Å². The minimum Gasteiger partial charge on any atom is -0.485 e. The van der Waals surface area contributed by atoms with Gasteiger partial charge in [-0.15, -0.1) is 0 Å². The van der Waals surface area contributed by atoms with Gasteiger partial charge < -0.3 is 9.84 Å². The van der Waals surface area contributed by atoms with Crippen molar-refractivity contribution in [3.8, 4) is 5.75 Å². The molecule has 1 aliphatic carbocycles. The number of hydrogen-bond acceptors (Lipinski definition) is 3. The van der Waals surface area contributed by atoms with Crippen LogP contribution in [0.5, 0.6) is 5.75 Å². The van der Waals surface area contributed by atoms with Crippen molar-refractivity contribution in [3.05, 3.63) is 28.8 Å². The molecule has 0 radical (unpaired) electrons. The fourth-order valence-electron chi connectivity index (χ4n) is 1.94. The molecular formula is C12H13ClO3. The summed E-state index contributed by atoms with van der Waals surface area (Å²) in [4.78, 5) is 10.8. The Morgan fingerprint density at radius 1 is 1.44 bits per heavy atom. The average Bonchev–Trinajstić information content (AvgIpc) is 2.67.